The van der Waals surface area contributed by atoms with Gasteiger partial charge in [-0.3, -0.25) is 0 Å². The van der Waals surface area contributed by atoms with Gasteiger partial charge in [0.25, 0.3) is 0 Å². The Morgan fingerprint density at radius 1 is 1.18 bits per heavy atom. The fourth-order valence-corrected chi connectivity index (χ4v) is 1.80. The molecule has 1 unspecified atom stereocenters. The van der Waals surface area contributed by atoms with Gasteiger partial charge in [-0.05, 0) is 13.0 Å². The van der Waals surface area contributed by atoms with Gasteiger partial charge < -0.3 is 19.7 Å². The Labute approximate surface area is 100 Å². The summed E-state index contributed by atoms with van der Waals surface area (Å²) in [5.74, 6) is 0.572. The number of nitrogens with zero attached hydrogens (tertiary/aromatic N) is 4. The summed E-state index contributed by atoms with van der Waals surface area (Å²) in [6.45, 7) is 1.96. The molecule has 0 amide bonds. The first kappa shape index (κ1) is 11.8. The van der Waals surface area contributed by atoms with Crippen LogP contribution in [0.5, 0.6) is 12.0 Å². The van der Waals surface area contributed by atoms with E-state index in [-0.39, 0.29) is 12.0 Å². The number of rotatable bonds is 4. The molecule has 2 rings (SSSR count). The number of nitrogens with one attached hydrogen (secondary N) is 1. The number of likely N-dealkylation sites (N-methyl/N-ethyl adjacent to an activating group) is 1. The number of anilines is 1. The lowest BCUT2D eigenvalue weighted by Crippen LogP contribution is -2.34. The van der Waals surface area contributed by atoms with E-state index in [2.05, 4.69) is 20.3 Å². The highest BCUT2D eigenvalue weighted by atomic mass is 16.5. The molecule has 1 aromatic rings. The van der Waals surface area contributed by atoms with E-state index < -0.39 is 0 Å². The third kappa shape index (κ3) is 2.55. The van der Waals surface area contributed by atoms with Crippen LogP contribution >= 0.6 is 0 Å². The topological polar surface area (TPSA) is 72.4 Å². The van der Waals surface area contributed by atoms with E-state index in [0.29, 0.717) is 12.0 Å². The first-order valence-electron chi connectivity index (χ1n) is 5.52. The molecule has 1 saturated heterocycles. The van der Waals surface area contributed by atoms with Gasteiger partial charge in [0, 0.05) is 19.6 Å². The number of ether oxygens (including phenoxy) is 2. The molecule has 17 heavy (non-hydrogen) atoms. The Morgan fingerprint density at radius 3 is 2.29 bits per heavy atom. The minimum Gasteiger partial charge on any atom is -0.467 e. The molecule has 2 heterocycles. The van der Waals surface area contributed by atoms with E-state index in [1.807, 2.05) is 11.9 Å². The molecule has 1 fully saturated rings. The van der Waals surface area contributed by atoms with Gasteiger partial charge in [0.15, 0.2) is 0 Å². The predicted octanol–water partition coefficient (Wildman–Crippen LogP) is -0.313. The van der Waals surface area contributed by atoms with Crippen molar-refractivity contribution in [3.63, 3.8) is 0 Å². The van der Waals surface area contributed by atoms with Crippen LogP contribution < -0.4 is 19.7 Å². The summed E-state index contributed by atoms with van der Waals surface area (Å²) in [5.41, 5.74) is 0. The summed E-state index contributed by atoms with van der Waals surface area (Å²) in [5, 5.41) is 3.30. The highest BCUT2D eigenvalue weighted by Crippen LogP contribution is 2.18. The lowest BCUT2D eigenvalue weighted by Gasteiger charge is -2.23. The molecule has 7 nitrogen and oxygen atoms in total. The molecule has 7 heteroatoms. The minimum atomic E-state index is 0.268. The van der Waals surface area contributed by atoms with Crippen LogP contribution in [0.4, 0.5) is 5.95 Å². The molecule has 1 atom stereocenters. The highest BCUT2D eigenvalue weighted by Gasteiger charge is 2.22. The number of methoxy groups -OCH3 is 2. The summed E-state index contributed by atoms with van der Waals surface area (Å²) in [7, 11) is 5.01. The Bertz CT molecular complexity index is 359. The quantitative estimate of drug-likeness (QED) is 0.772. The van der Waals surface area contributed by atoms with E-state index in [1.54, 1.807) is 0 Å². The summed E-state index contributed by atoms with van der Waals surface area (Å²) in [6, 6.07) is 0.932. The van der Waals surface area contributed by atoms with Crippen LogP contribution in [-0.2, 0) is 0 Å². The zero-order chi connectivity index (χ0) is 12.3. The summed E-state index contributed by atoms with van der Waals surface area (Å²) in [4.78, 5) is 14.4. The zero-order valence-electron chi connectivity index (χ0n) is 10.3. The number of hydrogen-bond donors (Lipinski definition) is 1. The largest absolute Gasteiger partial charge is 0.467 e. The van der Waals surface area contributed by atoms with Crippen LogP contribution in [0.25, 0.3) is 0 Å². The number of aromatic nitrogens is 3. The molecule has 0 aromatic carbocycles. The fraction of sp³-hybridized carbons (Fsp3) is 0.700. The molecule has 0 bridgehead atoms. The van der Waals surface area contributed by atoms with Crippen molar-refractivity contribution in [1.82, 2.24) is 20.3 Å². The van der Waals surface area contributed by atoms with Crippen molar-refractivity contribution in [2.24, 2.45) is 0 Å². The zero-order valence-corrected chi connectivity index (χ0v) is 10.3. The second kappa shape index (κ2) is 5.13. The van der Waals surface area contributed by atoms with E-state index in [0.717, 1.165) is 19.5 Å². The SMILES string of the molecule is COc1nc(OC)nc(N(C)C2CCNC2)n1. The minimum absolute atomic E-state index is 0.268. The molecule has 1 aromatic heterocycles. The second-order valence-electron chi connectivity index (χ2n) is 3.87. The van der Waals surface area contributed by atoms with Gasteiger partial charge >= 0.3 is 12.0 Å². The molecule has 0 spiro atoms. The molecule has 0 aliphatic carbocycles. The third-order valence-electron chi connectivity index (χ3n) is 2.85. The van der Waals surface area contributed by atoms with Crippen molar-refractivity contribution in [2.45, 2.75) is 12.5 Å². The van der Waals surface area contributed by atoms with Gasteiger partial charge in [0.1, 0.15) is 0 Å². The normalized spacial score (nSPS) is 19.1. The van der Waals surface area contributed by atoms with Gasteiger partial charge in [0.2, 0.25) is 5.95 Å². The van der Waals surface area contributed by atoms with Crippen LogP contribution in [-0.4, -0.2) is 55.4 Å². The Balaban J connectivity index is 2.23. The van der Waals surface area contributed by atoms with Crippen LogP contribution in [0.1, 0.15) is 6.42 Å². The molecule has 1 aliphatic rings. The predicted molar refractivity (Wildman–Crippen MR) is 62.6 cm³/mol. The first-order valence-corrected chi connectivity index (χ1v) is 5.52. The van der Waals surface area contributed by atoms with Crippen molar-refractivity contribution < 1.29 is 9.47 Å². The van der Waals surface area contributed by atoms with Crippen molar-refractivity contribution in [2.75, 3.05) is 39.3 Å². The Morgan fingerprint density at radius 2 is 1.82 bits per heavy atom. The van der Waals surface area contributed by atoms with Gasteiger partial charge in [-0.1, -0.05) is 0 Å². The summed E-state index contributed by atoms with van der Waals surface area (Å²) >= 11 is 0. The van der Waals surface area contributed by atoms with E-state index >= 15 is 0 Å². The summed E-state index contributed by atoms with van der Waals surface area (Å²) < 4.78 is 10.1. The molecule has 0 radical (unpaired) electrons. The Hall–Kier alpha value is -1.63. The first-order chi connectivity index (χ1) is 8.24. The van der Waals surface area contributed by atoms with Gasteiger partial charge in [-0.2, -0.15) is 9.97 Å². The molecule has 94 valence electrons. The average Bonchev–Trinajstić information content (AvgIpc) is 2.91. The maximum atomic E-state index is 5.03. The van der Waals surface area contributed by atoms with E-state index in [9.17, 15) is 0 Å². The van der Waals surface area contributed by atoms with E-state index in [1.165, 1.54) is 14.2 Å². The second-order valence-corrected chi connectivity index (χ2v) is 3.87. The molecule has 0 saturated carbocycles. The third-order valence-corrected chi connectivity index (χ3v) is 2.85. The molecule has 1 N–H and O–H groups in total. The van der Waals surface area contributed by atoms with Gasteiger partial charge in [-0.15, -0.1) is 4.98 Å². The maximum Gasteiger partial charge on any atom is 0.324 e. The molecular formula is C10H17N5O2. The van der Waals surface area contributed by atoms with Crippen molar-refractivity contribution in [1.29, 1.82) is 0 Å². The Kier molecular flexibility index (Phi) is 3.58. The molecule has 1 aliphatic heterocycles. The lowest BCUT2D eigenvalue weighted by atomic mass is 10.2. The summed E-state index contributed by atoms with van der Waals surface area (Å²) in [6.07, 6.45) is 1.08. The van der Waals surface area contributed by atoms with Gasteiger partial charge in [0.05, 0.1) is 14.2 Å². The number of hydrogen-bond acceptors (Lipinski definition) is 7. The van der Waals surface area contributed by atoms with Crippen LogP contribution in [0.3, 0.4) is 0 Å². The standard InChI is InChI=1S/C10H17N5O2/c1-15(7-4-5-11-6-7)8-12-9(16-2)14-10(13-8)17-3/h7,11H,4-6H2,1-3H3. The van der Waals surface area contributed by atoms with Crippen LogP contribution in [0.15, 0.2) is 0 Å². The average molecular weight is 239 g/mol. The highest BCUT2D eigenvalue weighted by molar-refractivity contribution is 5.33. The fourth-order valence-electron chi connectivity index (χ4n) is 1.80. The van der Waals surface area contributed by atoms with Crippen molar-refractivity contribution >= 4 is 5.95 Å². The van der Waals surface area contributed by atoms with Crippen molar-refractivity contribution in [3.8, 4) is 12.0 Å². The van der Waals surface area contributed by atoms with Crippen LogP contribution in [0.2, 0.25) is 0 Å². The lowest BCUT2D eigenvalue weighted by molar-refractivity contribution is 0.339. The maximum absolute atomic E-state index is 5.03. The van der Waals surface area contributed by atoms with Crippen molar-refractivity contribution in [3.05, 3.63) is 0 Å². The van der Waals surface area contributed by atoms with Gasteiger partial charge in [-0.25, -0.2) is 0 Å². The van der Waals surface area contributed by atoms with E-state index in [4.69, 9.17) is 9.47 Å². The smallest absolute Gasteiger partial charge is 0.324 e. The molecular weight excluding hydrogens is 222 g/mol. The monoisotopic (exact) mass is 239 g/mol. The van der Waals surface area contributed by atoms with Crippen LogP contribution in [0, 0.1) is 0 Å².